The number of carbonyl (C=O) groups excluding carboxylic acids is 1. The van der Waals surface area contributed by atoms with Gasteiger partial charge in [-0.05, 0) is 62.5 Å². The maximum Gasteiger partial charge on any atom is 0.252 e. The first-order chi connectivity index (χ1) is 13.1. The van der Waals surface area contributed by atoms with E-state index in [4.69, 9.17) is 4.74 Å². The van der Waals surface area contributed by atoms with Crippen molar-refractivity contribution in [2.24, 2.45) is 0 Å². The van der Waals surface area contributed by atoms with Gasteiger partial charge in [-0.15, -0.1) is 0 Å². The lowest BCUT2D eigenvalue weighted by molar-refractivity contribution is 0.00396. The maximum absolute atomic E-state index is 13.1. The minimum Gasteiger partial charge on any atom is -0.378 e. The SMILES string of the molecule is CO[C@H]1[C@H](NC(=O)c2cc(C)ccc2C)c2ccccc2C12CCNCC2. The molecule has 0 saturated carbocycles. The van der Waals surface area contributed by atoms with E-state index < -0.39 is 0 Å². The Labute approximate surface area is 161 Å². The summed E-state index contributed by atoms with van der Waals surface area (Å²) in [5, 5.41) is 6.77. The highest BCUT2D eigenvalue weighted by atomic mass is 16.5. The number of piperidine rings is 1. The van der Waals surface area contributed by atoms with Gasteiger partial charge in [0.2, 0.25) is 0 Å². The standard InChI is InChI=1S/C23H28N2O2/c1-15-8-9-16(2)18(14-15)22(26)25-20-17-6-4-5-7-19(17)23(21(20)27-3)10-12-24-13-11-23/h4-9,14,20-21,24H,10-13H2,1-3H3,(H,25,26)/t20-,21+/m1/s1. The van der Waals surface area contributed by atoms with E-state index in [1.54, 1.807) is 7.11 Å². The average Bonchev–Trinajstić information content (AvgIpc) is 2.93. The van der Waals surface area contributed by atoms with Gasteiger partial charge in [0.1, 0.15) is 0 Å². The van der Waals surface area contributed by atoms with E-state index in [0.29, 0.717) is 0 Å². The summed E-state index contributed by atoms with van der Waals surface area (Å²) in [6, 6.07) is 14.4. The Morgan fingerprint density at radius 1 is 1.15 bits per heavy atom. The van der Waals surface area contributed by atoms with Gasteiger partial charge >= 0.3 is 0 Å². The van der Waals surface area contributed by atoms with Gasteiger partial charge in [-0.3, -0.25) is 4.79 Å². The lowest BCUT2D eigenvalue weighted by atomic mass is 9.72. The molecule has 4 rings (SSSR count). The van der Waals surface area contributed by atoms with Crippen LogP contribution in [-0.2, 0) is 10.2 Å². The average molecular weight is 364 g/mol. The molecule has 2 aromatic rings. The van der Waals surface area contributed by atoms with Gasteiger partial charge < -0.3 is 15.4 Å². The van der Waals surface area contributed by atoms with Crippen LogP contribution in [0.2, 0.25) is 0 Å². The van der Waals surface area contributed by atoms with E-state index in [-0.39, 0.29) is 23.5 Å². The van der Waals surface area contributed by atoms with E-state index in [2.05, 4.69) is 34.9 Å². The minimum absolute atomic E-state index is 0.0240. The first kappa shape index (κ1) is 18.2. The summed E-state index contributed by atoms with van der Waals surface area (Å²) < 4.78 is 6.05. The Bertz CT molecular complexity index is 855. The Morgan fingerprint density at radius 3 is 2.63 bits per heavy atom. The number of hydrogen-bond donors (Lipinski definition) is 2. The van der Waals surface area contributed by atoms with Crippen molar-refractivity contribution >= 4 is 5.91 Å². The van der Waals surface area contributed by atoms with Crippen LogP contribution < -0.4 is 10.6 Å². The molecule has 1 spiro atoms. The second kappa shape index (κ2) is 7.10. The van der Waals surface area contributed by atoms with Crippen molar-refractivity contribution < 1.29 is 9.53 Å². The zero-order valence-corrected chi connectivity index (χ0v) is 16.3. The number of carbonyl (C=O) groups is 1. The number of amides is 1. The predicted molar refractivity (Wildman–Crippen MR) is 107 cm³/mol. The van der Waals surface area contributed by atoms with Crippen LogP contribution in [0.25, 0.3) is 0 Å². The van der Waals surface area contributed by atoms with Crippen LogP contribution in [-0.4, -0.2) is 32.2 Å². The summed E-state index contributed by atoms with van der Waals surface area (Å²) in [4.78, 5) is 13.1. The van der Waals surface area contributed by atoms with Crippen LogP contribution in [0.1, 0.15) is 51.5 Å². The molecule has 2 aromatic carbocycles. The molecule has 2 atom stereocenters. The molecule has 2 aliphatic rings. The normalized spacial score (nSPS) is 23.2. The summed E-state index contributed by atoms with van der Waals surface area (Å²) in [7, 11) is 1.78. The lowest BCUT2D eigenvalue weighted by Crippen LogP contribution is -2.49. The molecule has 142 valence electrons. The molecule has 27 heavy (non-hydrogen) atoms. The monoisotopic (exact) mass is 364 g/mol. The van der Waals surface area contributed by atoms with Crippen LogP contribution in [0, 0.1) is 13.8 Å². The highest BCUT2D eigenvalue weighted by molar-refractivity contribution is 5.96. The number of methoxy groups -OCH3 is 1. The third-order valence-electron chi connectivity index (χ3n) is 6.35. The second-order valence-corrected chi connectivity index (χ2v) is 7.92. The van der Waals surface area contributed by atoms with Gasteiger partial charge in [0.25, 0.3) is 5.91 Å². The first-order valence-corrected chi connectivity index (χ1v) is 9.78. The number of fused-ring (bicyclic) bond motifs is 2. The number of benzene rings is 2. The third kappa shape index (κ3) is 2.97. The summed E-state index contributed by atoms with van der Waals surface area (Å²) in [6.45, 7) is 5.96. The van der Waals surface area contributed by atoms with Gasteiger partial charge in [0.05, 0.1) is 12.1 Å². The second-order valence-electron chi connectivity index (χ2n) is 7.92. The Morgan fingerprint density at radius 2 is 1.89 bits per heavy atom. The van der Waals surface area contributed by atoms with Crippen LogP contribution in [0.4, 0.5) is 0 Å². The smallest absolute Gasteiger partial charge is 0.252 e. The van der Waals surface area contributed by atoms with Crippen molar-refractivity contribution in [1.82, 2.24) is 10.6 Å². The van der Waals surface area contributed by atoms with Crippen molar-refractivity contribution in [3.05, 3.63) is 70.3 Å². The van der Waals surface area contributed by atoms with E-state index in [1.165, 1.54) is 11.1 Å². The van der Waals surface area contributed by atoms with Gasteiger partial charge in [0, 0.05) is 18.1 Å². The molecule has 4 heteroatoms. The number of nitrogens with one attached hydrogen (secondary N) is 2. The highest BCUT2D eigenvalue weighted by Gasteiger charge is 2.53. The third-order valence-corrected chi connectivity index (χ3v) is 6.35. The van der Waals surface area contributed by atoms with Gasteiger partial charge in [-0.2, -0.15) is 0 Å². The predicted octanol–water partition coefficient (Wildman–Crippen LogP) is 3.42. The van der Waals surface area contributed by atoms with Crippen molar-refractivity contribution in [1.29, 1.82) is 0 Å². The summed E-state index contributed by atoms with van der Waals surface area (Å²) in [6.07, 6.45) is 2.00. The van der Waals surface area contributed by atoms with Crippen LogP contribution in [0.15, 0.2) is 42.5 Å². The fraction of sp³-hybridized carbons (Fsp3) is 0.435. The molecule has 1 amide bonds. The fourth-order valence-corrected chi connectivity index (χ4v) is 5.00. The Kier molecular flexibility index (Phi) is 4.79. The Hall–Kier alpha value is -2.17. The molecule has 1 fully saturated rings. The van der Waals surface area contributed by atoms with E-state index in [0.717, 1.165) is 42.6 Å². The number of hydrogen-bond acceptors (Lipinski definition) is 3. The molecule has 0 radical (unpaired) electrons. The van der Waals surface area contributed by atoms with Gasteiger partial charge in [-0.25, -0.2) is 0 Å². The first-order valence-electron chi connectivity index (χ1n) is 9.78. The minimum atomic E-state index is -0.128. The van der Waals surface area contributed by atoms with Gasteiger partial charge in [-0.1, -0.05) is 42.0 Å². The molecule has 1 aliphatic carbocycles. The molecule has 2 N–H and O–H groups in total. The summed E-state index contributed by atoms with van der Waals surface area (Å²) in [5.74, 6) is -0.0240. The summed E-state index contributed by atoms with van der Waals surface area (Å²) >= 11 is 0. The summed E-state index contributed by atoms with van der Waals surface area (Å²) in [5.41, 5.74) is 5.34. The van der Waals surface area contributed by atoms with E-state index in [9.17, 15) is 4.79 Å². The van der Waals surface area contributed by atoms with Crippen molar-refractivity contribution in [3.8, 4) is 0 Å². The molecule has 0 bridgehead atoms. The molecular weight excluding hydrogens is 336 g/mol. The van der Waals surface area contributed by atoms with Crippen LogP contribution in [0.5, 0.6) is 0 Å². The molecule has 0 unspecified atom stereocenters. The maximum atomic E-state index is 13.1. The van der Waals surface area contributed by atoms with E-state index in [1.807, 2.05) is 32.0 Å². The number of ether oxygens (including phenoxy) is 1. The van der Waals surface area contributed by atoms with Crippen molar-refractivity contribution in [2.45, 2.75) is 44.2 Å². The van der Waals surface area contributed by atoms with Crippen LogP contribution >= 0.6 is 0 Å². The molecular formula is C23H28N2O2. The fourth-order valence-electron chi connectivity index (χ4n) is 5.00. The molecule has 0 aromatic heterocycles. The molecule has 1 saturated heterocycles. The van der Waals surface area contributed by atoms with Gasteiger partial charge in [0.15, 0.2) is 0 Å². The quantitative estimate of drug-likeness (QED) is 0.877. The molecule has 1 aliphatic heterocycles. The zero-order chi connectivity index (χ0) is 19.0. The van der Waals surface area contributed by atoms with Crippen molar-refractivity contribution in [3.63, 3.8) is 0 Å². The number of rotatable bonds is 3. The van der Waals surface area contributed by atoms with Crippen LogP contribution in [0.3, 0.4) is 0 Å². The Balaban J connectivity index is 1.71. The molecule has 1 heterocycles. The zero-order valence-electron chi connectivity index (χ0n) is 16.3. The number of aryl methyl sites for hydroxylation is 2. The largest absolute Gasteiger partial charge is 0.378 e. The highest BCUT2D eigenvalue weighted by Crippen LogP contribution is 2.51. The lowest BCUT2D eigenvalue weighted by Gasteiger charge is -2.40. The molecule has 4 nitrogen and oxygen atoms in total. The van der Waals surface area contributed by atoms with E-state index >= 15 is 0 Å². The van der Waals surface area contributed by atoms with Crippen molar-refractivity contribution in [2.75, 3.05) is 20.2 Å². The topological polar surface area (TPSA) is 50.4 Å².